The van der Waals surface area contributed by atoms with Gasteiger partial charge in [-0.25, -0.2) is 0 Å². The number of phenolic OH excluding ortho intramolecular Hbond substituents is 1. The van der Waals surface area contributed by atoms with Crippen molar-refractivity contribution in [2.24, 2.45) is 7.05 Å². The number of nitrogens with zero attached hydrogens (tertiary/aromatic N) is 2. The number of ether oxygens (including phenoxy) is 1. The zero-order chi connectivity index (χ0) is 24.1. The smallest absolute Gasteiger partial charge is 0.290 e. The number of carbonyl (C=O) groups is 1. The van der Waals surface area contributed by atoms with Crippen LogP contribution in [-0.4, -0.2) is 53.5 Å². The fourth-order valence-corrected chi connectivity index (χ4v) is 3.34. The van der Waals surface area contributed by atoms with Crippen molar-refractivity contribution in [3.63, 3.8) is 0 Å². The Kier molecular flexibility index (Phi) is 7.19. The van der Waals surface area contributed by atoms with Gasteiger partial charge in [0.25, 0.3) is 17.0 Å². The molecule has 0 aliphatic carbocycles. The summed E-state index contributed by atoms with van der Waals surface area (Å²) in [4.78, 5) is 39.5. The molecule has 0 aliphatic rings. The predicted octanol–water partition coefficient (Wildman–Crippen LogP) is 2.02. The van der Waals surface area contributed by atoms with Crippen molar-refractivity contribution in [2.45, 2.75) is 6.04 Å². The molecular formula is C23H27N5O5. The van der Waals surface area contributed by atoms with Crippen LogP contribution in [0.2, 0.25) is 0 Å². The summed E-state index contributed by atoms with van der Waals surface area (Å²) in [5.41, 5.74) is -0.166. The van der Waals surface area contributed by atoms with Crippen LogP contribution in [0.3, 0.4) is 0 Å². The summed E-state index contributed by atoms with van der Waals surface area (Å²) in [5, 5.41) is 19.1. The monoisotopic (exact) mass is 453 g/mol. The average molecular weight is 453 g/mol. The number of methoxy groups -OCH3 is 1. The van der Waals surface area contributed by atoms with Gasteiger partial charge in [-0.2, -0.15) is 0 Å². The SMILES string of the molecule is COC[C@@H](Nc1c(Nc2cccc(C(=O)N(C)C)c2O)c(=O)[nH]n(C)c1=O)c1ccccc1. The highest BCUT2D eigenvalue weighted by Crippen LogP contribution is 2.32. The van der Waals surface area contributed by atoms with Crippen LogP contribution in [-0.2, 0) is 11.8 Å². The van der Waals surface area contributed by atoms with E-state index in [1.54, 1.807) is 20.2 Å². The van der Waals surface area contributed by atoms with Crippen molar-refractivity contribution < 1.29 is 14.6 Å². The number of aromatic hydroxyl groups is 1. The number of anilines is 3. The number of aryl methyl sites for hydroxylation is 1. The van der Waals surface area contributed by atoms with Gasteiger partial charge in [0.05, 0.1) is 23.9 Å². The van der Waals surface area contributed by atoms with E-state index < -0.39 is 23.1 Å². The predicted molar refractivity (Wildman–Crippen MR) is 126 cm³/mol. The van der Waals surface area contributed by atoms with Crippen LogP contribution < -0.4 is 21.8 Å². The lowest BCUT2D eigenvalue weighted by atomic mass is 10.1. The Labute approximate surface area is 190 Å². The van der Waals surface area contributed by atoms with Gasteiger partial charge in [-0.15, -0.1) is 0 Å². The highest BCUT2D eigenvalue weighted by molar-refractivity contribution is 5.98. The second-order valence-electron chi connectivity index (χ2n) is 7.64. The fourth-order valence-electron chi connectivity index (χ4n) is 3.34. The van der Waals surface area contributed by atoms with Gasteiger partial charge in [-0.05, 0) is 17.7 Å². The summed E-state index contributed by atoms with van der Waals surface area (Å²) in [6.45, 7) is 0.234. The number of H-pyrrole nitrogens is 1. The lowest BCUT2D eigenvalue weighted by Crippen LogP contribution is -2.33. The van der Waals surface area contributed by atoms with Crippen molar-refractivity contribution >= 4 is 23.0 Å². The van der Waals surface area contributed by atoms with E-state index in [1.807, 2.05) is 30.3 Å². The number of phenols is 1. The quantitative estimate of drug-likeness (QED) is 0.384. The molecule has 0 saturated heterocycles. The molecule has 0 bridgehead atoms. The third-order valence-electron chi connectivity index (χ3n) is 5.05. The number of hydrogen-bond acceptors (Lipinski definition) is 7. The summed E-state index contributed by atoms with van der Waals surface area (Å²) in [5.74, 6) is -0.740. The molecule has 3 aromatic rings. The van der Waals surface area contributed by atoms with Crippen molar-refractivity contribution in [3.8, 4) is 5.75 Å². The first-order valence-electron chi connectivity index (χ1n) is 10.2. The molecule has 33 heavy (non-hydrogen) atoms. The second kappa shape index (κ2) is 10.0. The maximum atomic E-state index is 13.0. The summed E-state index contributed by atoms with van der Waals surface area (Å²) >= 11 is 0. The van der Waals surface area contributed by atoms with Crippen LogP contribution in [0.25, 0.3) is 0 Å². The number of rotatable bonds is 8. The van der Waals surface area contributed by atoms with Gasteiger partial charge >= 0.3 is 0 Å². The lowest BCUT2D eigenvalue weighted by Gasteiger charge is -2.22. The van der Waals surface area contributed by atoms with Gasteiger partial charge in [0.1, 0.15) is 11.4 Å². The normalized spacial score (nSPS) is 11.6. The zero-order valence-electron chi connectivity index (χ0n) is 18.9. The summed E-state index contributed by atoms with van der Waals surface area (Å²) < 4.78 is 6.38. The van der Waals surface area contributed by atoms with E-state index >= 15 is 0 Å². The van der Waals surface area contributed by atoms with E-state index in [0.29, 0.717) is 0 Å². The summed E-state index contributed by atoms with van der Waals surface area (Å²) in [7, 11) is 6.10. The zero-order valence-corrected chi connectivity index (χ0v) is 18.9. The molecule has 0 spiro atoms. The lowest BCUT2D eigenvalue weighted by molar-refractivity contribution is 0.0824. The molecule has 0 radical (unpaired) electrons. The molecule has 0 fully saturated rings. The van der Waals surface area contributed by atoms with E-state index in [0.717, 1.165) is 10.2 Å². The van der Waals surface area contributed by atoms with Crippen LogP contribution in [0.15, 0.2) is 58.1 Å². The molecule has 10 heteroatoms. The average Bonchev–Trinajstić information content (AvgIpc) is 2.80. The van der Waals surface area contributed by atoms with Crippen LogP contribution >= 0.6 is 0 Å². The highest BCUT2D eigenvalue weighted by Gasteiger charge is 2.22. The van der Waals surface area contributed by atoms with E-state index in [9.17, 15) is 19.5 Å². The molecule has 0 saturated carbocycles. The number of aromatic nitrogens is 2. The number of amides is 1. The molecule has 0 unspecified atom stereocenters. The van der Waals surface area contributed by atoms with E-state index in [1.165, 1.54) is 31.2 Å². The molecular weight excluding hydrogens is 426 g/mol. The van der Waals surface area contributed by atoms with Crippen LogP contribution in [0, 0.1) is 0 Å². The Morgan fingerprint density at radius 1 is 1.12 bits per heavy atom. The van der Waals surface area contributed by atoms with Gasteiger partial charge < -0.3 is 25.4 Å². The van der Waals surface area contributed by atoms with Gasteiger partial charge in [0.15, 0.2) is 5.75 Å². The second-order valence-corrected chi connectivity index (χ2v) is 7.64. The van der Waals surface area contributed by atoms with Crippen LogP contribution in [0.4, 0.5) is 17.1 Å². The first-order valence-corrected chi connectivity index (χ1v) is 10.2. The minimum Gasteiger partial charge on any atom is -0.505 e. The topological polar surface area (TPSA) is 129 Å². The van der Waals surface area contributed by atoms with E-state index in [-0.39, 0.29) is 35.0 Å². The minimum atomic E-state index is -0.590. The Balaban J connectivity index is 2.09. The van der Waals surface area contributed by atoms with Gasteiger partial charge in [-0.1, -0.05) is 36.4 Å². The fraction of sp³-hybridized carbons (Fsp3) is 0.261. The van der Waals surface area contributed by atoms with Crippen molar-refractivity contribution in [3.05, 3.63) is 80.4 Å². The number of hydrogen-bond donors (Lipinski definition) is 4. The summed E-state index contributed by atoms with van der Waals surface area (Å²) in [6, 6.07) is 13.5. The first-order chi connectivity index (χ1) is 15.7. The number of benzene rings is 2. The molecule has 1 amide bonds. The Morgan fingerprint density at radius 3 is 2.45 bits per heavy atom. The van der Waals surface area contributed by atoms with Crippen molar-refractivity contribution in [1.29, 1.82) is 0 Å². The number of nitrogens with one attached hydrogen (secondary N) is 3. The van der Waals surface area contributed by atoms with Gasteiger partial charge in [0, 0.05) is 28.3 Å². The van der Waals surface area contributed by atoms with Crippen molar-refractivity contribution in [1.82, 2.24) is 14.7 Å². The standard InChI is InChI=1S/C23H27N5O5/c1-27(2)22(31)15-11-8-12-16(20(15)29)24-18-19(23(32)28(3)26-21(18)30)25-17(13-33-4)14-9-6-5-7-10-14/h5-12,17,24-25,29H,13H2,1-4H3,(H,26,30)/t17-/m1/s1. The molecule has 1 atom stereocenters. The third kappa shape index (κ3) is 5.07. The molecule has 1 heterocycles. The molecule has 0 aliphatic heterocycles. The molecule has 10 nitrogen and oxygen atoms in total. The number of aromatic amines is 1. The van der Waals surface area contributed by atoms with Gasteiger partial charge in [0.2, 0.25) is 0 Å². The minimum absolute atomic E-state index is 0.00380. The molecule has 4 N–H and O–H groups in total. The number of carbonyl (C=O) groups excluding carboxylic acids is 1. The van der Waals surface area contributed by atoms with Crippen LogP contribution in [0.5, 0.6) is 5.75 Å². The van der Waals surface area contributed by atoms with E-state index in [4.69, 9.17) is 4.74 Å². The van der Waals surface area contributed by atoms with Crippen molar-refractivity contribution in [2.75, 3.05) is 38.4 Å². The maximum Gasteiger partial charge on any atom is 0.290 e. The molecule has 2 aromatic carbocycles. The van der Waals surface area contributed by atoms with Gasteiger partial charge in [-0.3, -0.25) is 24.2 Å². The van der Waals surface area contributed by atoms with Crippen LogP contribution in [0.1, 0.15) is 22.0 Å². The third-order valence-corrected chi connectivity index (χ3v) is 5.05. The maximum absolute atomic E-state index is 13.0. The molecule has 174 valence electrons. The highest BCUT2D eigenvalue weighted by atomic mass is 16.5. The largest absolute Gasteiger partial charge is 0.505 e. The Morgan fingerprint density at radius 2 is 1.82 bits per heavy atom. The first kappa shape index (κ1) is 23.6. The Hall–Kier alpha value is -4.05. The molecule has 1 aromatic heterocycles. The van der Waals surface area contributed by atoms with E-state index in [2.05, 4.69) is 15.7 Å². The number of para-hydroxylation sites is 1. The molecule has 3 rings (SSSR count). The summed E-state index contributed by atoms with van der Waals surface area (Å²) in [6.07, 6.45) is 0. The Bertz CT molecular complexity index is 1250.